The maximum atomic E-state index is 12.8. The van der Waals surface area contributed by atoms with Crippen LogP contribution in [0.25, 0.3) is 11.2 Å². The molecule has 90 valence electrons. The van der Waals surface area contributed by atoms with E-state index >= 15 is 0 Å². The predicted molar refractivity (Wildman–Crippen MR) is 65.7 cm³/mol. The van der Waals surface area contributed by atoms with Crippen molar-refractivity contribution >= 4 is 11.2 Å². The van der Waals surface area contributed by atoms with Gasteiger partial charge in [-0.05, 0) is 36.2 Å². The highest BCUT2D eigenvalue weighted by Crippen LogP contribution is 2.17. The summed E-state index contributed by atoms with van der Waals surface area (Å²) in [5, 5.41) is 0. The van der Waals surface area contributed by atoms with E-state index in [0.29, 0.717) is 18.0 Å². The standard InChI is InChI=1S/C14H11FN2O/c1-9-6-12-14(16-8-9)18-13(17-12)7-10-2-4-11(15)5-3-10/h2-6,8H,7H2,1H3. The SMILES string of the molecule is Cc1cnc2oc(Cc3ccc(F)cc3)nc2c1. The van der Waals surface area contributed by atoms with Crippen LogP contribution in [0.1, 0.15) is 17.0 Å². The summed E-state index contributed by atoms with van der Waals surface area (Å²) < 4.78 is 18.3. The van der Waals surface area contributed by atoms with Gasteiger partial charge in [0, 0.05) is 12.6 Å². The number of benzene rings is 1. The van der Waals surface area contributed by atoms with Gasteiger partial charge in [-0.15, -0.1) is 0 Å². The van der Waals surface area contributed by atoms with Gasteiger partial charge in [-0.1, -0.05) is 12.1 Å². The fourth-order valence-corrected chi connectivity index (χ4v) is 1.82. The first-order chi connectivity index (χ1) is 8.70. The molecular weight excluding hydrogens is 231 g/mol. The summed E-state index contributed by atoms with van der Waals surface area (Å²) in [6.07, 6.45) is 2.28. The van der Waals surface area contributed by atoms with Gasteiger partial charge >= 0.3 is 0 Å². The fourth-order valence-electron chi connectivity index (χ4n) is 1.82. The third kappa shape index (κ3) is 2.09. The normalized spacial score (nSPS) is 11.0. The molecule has 0 saturated heterocycles. The van der Waals surface area contributed by atoms with Gasteiger partial charge in [-0.3, -0.25) is 0 Å². The van der Waals surface area contributed by atoms with Crippen LogP contribution in [0.2, 0.25) is 0 Å². The van der Waals surface area contributed by atoms with Gasteiger partial charge in [0.2, 0.25) is 11.6 Å². The summed E-state index contributed by atoms with van der Waals surface area (Å²) in [5.74, 6) is 0.350. The van der Waals surface area contributed by atoms with Crippen LogP contribution in [-0.2, 0) is 6.42 Å². The average Bonchev–Trinajstić information content (AvgIpc) is 2.73. The maximum Gasteiger partial charge on any atom is 0.246 e. The van der Waals surface area contributed by atoms with E-state index in [1.54, 1.807) is 18.3 Å². The summed E-state index contributed by atoms with van der Waals surface area (Å²) in [5.41, 5.74) is 3.30. The number of oxazole rings is 1. The Bertz CT molecular complexity index is 689. The van der Waals surface area contributed by atoms with Crippen molar-refractivity contribution in [3.63, 3.8) is 0 Å². The Kier molecular flexibility index (Phi) is 2.55. The molecule has 2 heterocycles. The molecule has 0 saturated carbocycles. The van der Waals surface area contributed by atoms with Crippen LogP contribution >= 0.6 is 0 Å². The van der Waals surface area contributed by atoms with Crippen LogP contribution in [0.15, 0.2) is 40.9 Å². The number of aromatic nitrogens is 2. The molecule has 1 aromatic carbocycles. The van der Waals surface area contributed by atoms with Gasteiger partial charge in [-0.2, -0.15) is 0 Å². The molecule has 0 spiro atoms. The average molecular weight is 242 g/mol. The van der Waals surface area contributed by atoms with E-state index in [0.717, 1.165) is 16.6 Å². The van der Waals surface area contributed by atoms with Crippen molar-refractivity contribution in [2.45, 2.75) is 13.3 Å². The quantitative estimate of drug-likeness (QED) is 0.692. The van der Waals surface area contributed by atoms with Crippen molar-refractivity contribution in [3.05, 3.63) is 59.4 Å². The number of hydrogen-bond donors (Lipinski definition) is 0. The minimum Gasteiger partial charge on any atom is -0.422 e. The summed E-state index contributed by atoms with van der Waals surface area (Å²) in [4.78, 5) is 8.54. The Balaban J connectivity index is 1.92. The predicted octanol–water partition coefficient (Wildman–Crippen LogP) is 3.26. The molecule has 0 unspecified atom stereocenters. The molecule has 0 atom stereocenters. The Morgan fingerprint density at radius 2 is 2.00 bits per heavy atom. The number of hydrogen-bond acceptors (Lipinski definition) is 3. The first kappa shape index (κ1) is 10.9. The summed E-state index contributed by atoms with van der Waals surface area (Å²) in [7, 11) is 0. The lowest BCUT2D eigenvalue weighted by Gasteiger charge is -1.96. The smallest absolute Gasteiger partial charge is 0.246 e. The third-order valence-corrected chi connectivity index (χ3v) is 2.70. The highest BCUT2D eigenvalue weighted by atomic mass is 19.1. The van der Waals surface area contributed by atoms with Crippen molar-refractivity contribution in [2.75, 3.05) is 0 Å². The lowest BCUT2D eigenvalue weighted by Crippen LogP contribution is -1.88. The lowest BCUT2D eigenvalue weighted by molar-refractivity contribution is 0.535. The molecule has 0 N–H and O–H groups in total. The Morgan fingerprint density at radius 3 is 2.78 bits per heavy atom. The summed E-state index contributed by atoms with van der Waals surface area (Å²) >= 11 is 0. The zero-order valence-electron chi connectivity index (χ0n) is 9.85. The second kappa shape index (κ2) is 4.22. The van der Waals surface area contributed by atoms with Gasteiger partial charge in [0.25, 0.3) is 0 Å². The van der Waals surface area contributed by atoms with Crippen molar-refractivity contribution in [2.24, 2.45) is 0 Å². The first-order valence-corrected chi connectivity index (χ1v) is 5.67. The molecule has 0 amide bonds. The van der Waals surface area contributed by atoms with E-state index < -0.39 is 0 Å². The number of halogens is 1. The monoisotopic (exact) mass is 242 g/mol. The number of fused-ring (bicyclic) bond motifs is 1. The molecule has 0 aliphatic carbocycles. The molecule has 3 rings (SSSR count). The topological polar surface area (TPSA) is 38.9 Å². The molecule has 4 heteroatoms. The van der Waals surface area contributed by atoms with Crippen LogP contribution in [0.3, 0.4) is 0 Å². The molecular formula is C14H11FN2O. The Labute approximate surface area is 103 Å². The van der Waals surface area contributed by atoms with Gasteiger partial charge < -0.3 is 4.42 Å². The number of nitrogens with zero attached hydrogens (tertiary/aromatic N) is 2. The molecule has 0 bridgehead atoms. The highest BCUT2D eigenvalue weighted by molar-refractivity contribution is 5.68. The molecule has 18 heavy (non-hydrogen) atoms. The third-order valence-electron chi connectivity index (χ3n) is 2.70. The van der Waals surface area contributed by atoms with E-state index in [1.165, 1.54) is 12.1 Å². The molecule has 3 aromatic rings. The van der Waals surface area contributed by atoms with Gasteiger partial charge in [0.15, 0.2) is 0 Å². The molecule has 0 fully saturated rings. The second-order valence-corrected chi connectivity index (χ2v) is 4.25. The minimum atomic E-state index is -0.242. The van der Waals surface area contributed by atoms with Crippen molar-refractivity contribution in [1.82, 2.24) is 9.97 Å². The van der Waals surface area contributed by atoms with E-state index in [4.69, 9.17) is 4.42 Å². The van der Waals surface area contributed by atoms with Crippen molar-refractivity contribution in [3.8, 4) is 0 Å². The zero-order chi connectivity index (χ0) is 12.5. The summed E-state index contributed by atoms with van der Waals surface area (Å²) in [6, 6.07) is 8.24. The zero-order valence-corrected chi connectivity index (χ0v) is 9.85. The largest absolute Gasteiger partial charge is 0.422 e. The minimum absolute atomic E-state index is 0.242. The van der Waals surface area contributed by atoms with Crippen LogP contribution < -0.4 is 0 Å². The second-order valence-electron chi connectivity index (χ2n) is 4.25. The highest BCUT2D eigenvalue weighted by Gasteiger charge is 2.07. The lowest BCUT2D eigenvalue weighted by atomic mass is 10.1. The van der Waals surface area contributed by atoms with E-state index in [2.05, 4.69) is 9.97 Å². The van der Waals surface area contributed by atoms with E-state index in [-0.39, 0.29) is 5.82 Å². The molecule has 3 nitrogen and oxygen atoms in total. The molecule has 0 radical (unpaired) electrons. The van der Waals surface area contributed by atoms with Gasteiger partial charge in [0.1, 0.15) is 11.3 Å². The van der Waals surface area contributed by atoms with Crippen LogP contribution in [0.5, 0.6) is 0 Å². The molecule has 2 aromatic heterocycles. The van der Waals surface area contributed by atoms with Crippen LogP contribution in [0.4, 0.5) is 4.39 Å². The number of rotatable bonds is 2. The molecule has 0 aliphatic rings. The van der Waals surface area contributed by atoms with Gasteiger partial charge in [0.05, 0.1) is 0 Å². The Morgan fingerprint density at radius 1 is 1.22 bits per heavy atom. The van der Waals surface area contributed by atoms with E-state index in [9.17, 15) is 4.39 Å². The maximum absolute atomic E-state index is 12.8. The summed E-state index contributed by atoms with van der Waals surface area (Å²) in [6.45, 7) is 1.96. The van der Waals surface area contributed by atoms with E-state index in [1.807, 2.05) is 13.0 Å². The number of aryl methyl sites for hydroxylation is 1. The van der Waals surface area contributed by atoms with Crippen molar-refractivity contribution in [1.29, 1.82) is 0 Å². The Hall–Kier alpha value is -2.23. The van der Waals surface area contributed by atoms with Crippen LogP contribution in [0, 0.1) is 12.7 Å². The van der Waals surface area contributed by atoms with Crippen molar-refractivity contribution < 1.29 is 8.81 Å². The number of pyridine rings is 1. The molecule has 0 aliphatic heterocycles. The fraction of sp³-hybridized carbons (Fsp3) is 0.143. The first-order valence-electron chi connectivity index (χ1n) is 5.67. The van der Waals surface area contributed by atoms with Crippen LogP contribution in [-0.4, -0.2) is 9.97 Å². The van der Waals surface area contributed by atoms with Gasteiger partial charge in [-0.25, -0.2) is 14.4 Å².